The Morgan fingerprint density at radius 2 is 2.08 bits per heavy atom. The number of fused-ring (bicyclic) bond motifs is 1. The molecule has 24 heavy (non-hydrogen) atoms. The average Bonchev–Trinajstić information content (AvgIpc) is 2.95. The van der Waals surface area contributed by atoms with Crippen molar-refractivity contribution < 1.29 is 4.79 Å². The quantitative estimate of drug-likeness (QED) is 0.744. The van der Waals surface area contributed by atoms with Crippen molar-refractivity contribution >= 4 is 32.9 Å². The van der Waals surface area contributed by atoms with Gasteiger partial charge in [0, 0.05) is 12.7 Å². The van der Waals surface area contributed by atoms with Crippen LogP contribution in [0, 0.1) is 6.92 Å². The number of rotatable bonds is 4. The van der Waals surface area contributed by atoms with Crippen LogP contribution in [0.15, 0.2) is 34.9 Å². The first kappa shape index (κ1) is 16.6. The minimum atomic E-state index is -0.255. The van der Waals surface area contributed by atoms with Gasteiger partial charge in [0.15, 0.2) is 0 Å². The third-order valence-electron chi connectivity index (χ3n) is 3.81. The summed E-state index contributed by atoms with van der Waals surface area (Å²) < 4.78 is 2.68. The molecule has 2 heterocycles. The molecule has 0 aliphatic rings. The number of hydrogen-bond donors (Lipinski definition) is 1. The largest absolute Gasteiger partial charge is 0.341 e. The fraction of sp³-hybridized carbons (Fsp3) is 0.294. The van der Waals surface area contributed by atoms with Crippen LogP contribution >= 0.6 is 15.9 Å². The molecule has 0 bridgehead atoms. The molecule has 6 nitrogen and oxygen atoms in total. The van der Waals surface area contributed by atoms with E-state index in [1.807, 2.05) is 31.2 Å². The smallest absolute Gasteiger partial charge is 0.271 e. The molecule has 1 atom stereocenters. The van der Waals surface area contributed by atoms with E-state index in [-0.39, 0.29) is 11.9 Å². The van der Waals surface area contributed by atoms with Gasteiger partial charge in [0.05, 0.1) is 21.5 Å². The van der Waals surface area contributed by atoms with Crippen molar-refractivity contribution in [2.24, 2.45) is 0 Å². The van der Waals surface area contributed by atoms with Gasteiger partial charge in [-0.05, 0) is 48.8 Å². The van der Waals surface area contributed by atoms with Gasteiger partial charge in [0.2, 0.25) is 0 Å². The molecule has 2 aromatic heterocycles. The molecule has 1 N–H and O–H groups in total. The number of nitrogens with one attached hydrogen (secondary N) is 1. The Morgan fingerprint density at radius 1 is 1.33 bits per heavy atom. The first-order valence-electron chi connectivity index (χ1n) is 7.76. The summed E-state index contributed by atoms with van der Waals surface area (Å²) in [4.78, 5) is 25.5. The molecule has 1 aromatic carbocycles. The van der Waals surface area contributed by atoms with Crippen molar-refractivity contribution in [2.75, 3.05) is 0 Å². The molecule has 0 spiro atoms. The lowest BCUT2D eigenvalue weighted by Crippen LogP contribution is -2.30. The normalized spacial score (nSPS) is 12.3. The lowest BCUT2D eigenvalue weighted by atomic mass is 10.2. The number of imidazole rings is 1. The molecule has 0 aliphatic heterocycles. The van der Waals surface area contributed by atoms with Gasteiger partial charge in [-0.2, -0.15) is 0 Å². The van der Waals surface area contributed by atoms with E-state index in [0.717, 1.165) is 23.4 Å². The van der Waals surface area contributed by atoms with Crippen LogP contribution in [0.3, 0.4) is 0 Å². The van der Waals surface area contributed by atoms with Crippen molar-refractivity contribution in [3.8, 4) is 0 Å². The number of carbonyl (C=O) groups excluding carboxylic acids is 1. The zero-order chi connectivity index (χ0) is 17.3. The standard InChI is InChI=1S/C17H18BrN5O/c1-4-23-14-8-6-5-7-13(14)22-16(23)10(2)20-17(24)15-12(18)9-19-11(3)21-15/h5-10H,4H2,1-3H3,(H,20,24). The zero-order valence-electron chi connectivity index (χ0n) is 13.7. The average molecular weight is 388 g/mol. The molecular weight excluding hydrogens is 370 g/mol. The highest BCUT2D eigenvalue weighted by molar-refractivity contribution is 9.10. The lowest BCUT2D eigenvalue weighted by Gasteiger charge is -2.15. The Balaban J connectivity index is 1.91. The van der Waals surface area contributed by atoms with Crippen molar-refractivity contribution in [3.63, 3.8) is 0 Å². The van der Waals surface area contributed by atoms with Crippen LogP contribution in [0.2, 0.25) is 0 Å². The molecule has 0 radical (unpaired) electrons. The van der Waals surface area contributed by atoms with Crippen molar-refractivity contribution in [1.29, 1.82) is 0 Å². The summed E-state index contributed by atoms with van der Waals surface area (Å²) in [5.74, 6) is 1.13. The number of carbonyl (C=O) groups is 1. The van der Waals surface area contributed by atoms with Crippen LogP contribution in [0.5, 0.6) is 0 Å². The number of aromatic nitrogens is 4. The first-order chi connectivity index (χ1) is 11.5. The summed E-state index contributed by atoms with van der Waals surface area (Å²) in [5.41, 5.74) is 2.32. The third kappa shape index (κ3) is 3.03. The maximum absolute atomic E-state index is 12.5. The highest BCUT2D eigenvalue weighted by Crippen LogP contribution is 2.21. The van der Waals surface area contributed by atoms with Gasteiger partial charge in [0.25, 0.3) is 5.91 Å². The van der Waals surface area contributed by atoms with E-state index < -0.39 is 0 Å². The SMILES string of the molecule is CCn1c(C(C)NC(=O)c2nc(C)ncc2Br)nc2ccccc21. The Morgan fingerprint density at radius 3 is 2.83 bits per heavy atom. The van der Waals surface area contributed by atoms with Crippen molar-refractivity contribution in [1.82, 2.24) is 24.8 Å². The lowest BCUT2D eigenvalue weighted by molar-refractivity contribution is 0.0931. The van der Waals surface area contributed by atoms with Gasteiger partial charge in [-0.15, -0.1) is 0 Å². The summed E-state index contributed by atoms with van der Waals surface area (Å²) in [6.07, 6.45) is 1.59. The fourth-order valence-electron chi connectivity index (χ4n) is 2.70. The summed E-state index contributed by atoms with van der Waals surface area (Å²) >= 11 is 3.33. The first-order valence-corrected chi connectivity index (χ1v) is 8.55. The van der Waals surface area contributed by atoms with E-state index in [1.54, 1.807) is 13.1 Å². The number of nitrogens with zero attached hydrogens (tertiary/aromatic N) is 4. The number of amides is 1. The Bertz CT molecular complexity index is 905. The maximum Gasteiger partial charge on any atom is 0.271 e. The molecule has 3 rings (SSSR count). The Hall–Kier alpha value is -2.28. The third-order valence-corrected chi connectivity index (χ3v) is 4.40. The Labute approximate surface area is 148 Å². The minimum absolute atomic E-state index is 0.243. The molecule has 0 saturated carbocycles. The minimum Gasteiger partial charge on any atom is -0.341 e. The van der Waals surface area contributed by atoms with E-state index in [4.69, 9.17) is 0 Å². The fourth-order valence-corrected chi connectivity index (χ4v) is 3.07. The second-order valence-electron chi connectivity index (χ2n) is 5.51. The highest BCUT2D eigenvalue weighted by atomic mass is 79.9. The Kier molecular flexibility index (Phi) is 4.62. The molecule has 0 saturated heterocycles. The zero-order valence-corrected chi connectivity index (χ0v) is 15.3. The van der Waals surface area contributed by atoms with Gasteiger partial charge in [-0.1, -0.05) is 12.1 Å². The summed E-state index contributed by atoms with van der Waals surface area (Å²) in [7, 11) is 0. The van der Waals surface area contributed by atoms with Crippen molar-refractivity contribution in [2.45, 2.75) is 33.4 Å². The van der Waals surface area contributed by atoms with E-state index in [9.17, 15) is 4.79 Å². The van der Waals surface area contributed by atoms with E-state index in [1.165, 1.54) is 0 Å². The molecule has 3 aromatic rings. The number of hydrogen-bond acceptors (Lipinski definition) is 4. The molecule has 1 unspecified atom stereocenters. The van der Waals surface area contributed by atoms with E-state index >= 15 is 0 Å². The van der Waals surface area contributed by atoms with Gasteiger partial charge in [0.1, 0.15) is 17.3 Å². The number of halogens is 1. The van der Waals surface area contributed by atoms with Crippen molar-refractivity contribution in [3.05, 3.63) is 52.3 Å². The van der Waals surface area contributed by atoms with E-state index in [2.05, 4.69) is 47.7 Å². The van der Waals surface area contributed by atoms with Gasteiger partial charge >= 0.3 is 0 Å². The number of para-hydroxylation sites is 2. The van der Waals surface area contributed by atoms with Crippen LogP contribution in [0.4, 0.5) is 0 Å². The van der Waals surface area contributed by atoms with E-state index in [0.29, 0.717) is 16.0 Å². The predicted molar refractivity (Wildman–Crippen MR) is 95.8 cm³/mol. The molecule has 0 fully saturated rings. The monoisotopic (exact) mass is 387 g/mol. The molecule has 7 heteroatoms. The van der Waals surface area contributed by atoms with Crippen LogP contribution in [-0.2, 0) is 6.54 Å². The van der Waals surface area contributed by atoms with Crippen LogP contribution in [0.1, 0.15) is 42.0 Å². The molecule has 1 amide bonds. The summed E-state index contributed by atoms with van der Waals surface area (Å²) in [6.45, 7) is 6.53. The number of aryl methyl sites for hydroxylation is 2. The molecular formula is C17H18BrN5O. The summed E-state index contributed by atoms with van der Waals surface area (Å²) in [6, 6.07) is 7.72. The van der Waals surface area contributed by atoms with Crippen LogP contribution in [0.25, 0.3) is 11.0 Å². The van der Waals surface area contributed by atoms with Crippen LogP contribution < -0.4 is 5.32 Å². The second kappa shape index (κ2) is 6.68. The topological polar surface area (TPSA) is 72.7 Å². The summed E-state index contributed by atoms with van der Waals surface area (Å²) in [5, 5.41) is 2.97. The second-order valence-corrected chi connectivity index (χ2v) is 6.37. The maximum atomic E-state index is 12.5. The number of benzene rings is 1. The van der Waals surface area contributed by atoms with Gasteiger partial charge in [-0.3, -0.25) is 4.79 Å². The van der Waals surface area contributed by atoms with Gasteiger partial charge < -0.3 is 9.88 Å². The predicted octanol–water partition coefficient (Wildman–Crippen LogP) is 3.41. The molecule has 0 aliphatic carbocycles. The highest BCUT2D eigenvalue weighted by Gasteiger charge is 2.20. The van der Waals surface area contributed by atoms with Crippen LogP contribution in [-0.4, -0.2) is 25.4 Å². The molecule has 124 valence electrons. The van der Waals surface area contributed by atoms with Gasteiger partial charge in [-0.25, -0.2) is 15.0 Å².